The fourth-order valence-electron chi connectivity index (χ4n) is 0.826. The first-order valence-electron chi connectivity index (χ1n) is 4.45. The molecule has 0 bridgehead atoms. The Morgan fingerprint density at radius 3 is 2.85 bits per heavy atom. The van der Waals surface area contributed by atoms with Crippen LogP contribution in [0.3, 0.4) is 0 Å². The lowest BCUT2D eigenvalue weighted by Crippen LogP contribution is -2.00. The minimum Gasteiger partial charge on any atom is -0.495 e. The Balaban J connectivity index is 2.35. The summed E-state index contributed by atoms with van der Waals surface area (Å²) in [5, 5.41) is 0. The molecule has 1 rings (SSSR count). The summed E-state index contributed by atoms with van der Waals surface area (Å²) in [7, 11) is 0. The molecular formula is C11H16O2. The smallest absolute Gasteiger partial charge is 0.116 e. The van der Waals surface area contributed by atoms with Gasteiger partial charge in [-0.2, -0.15) is 0 Å². The van der Waals surface area contributed by atoms with Gasteiger partial charge in [-0.1, -0.05) is 24.8 Å². The lowest BCUT2D eigenvalue weighted by atomic mass is 10.2. The van der Waals surface area contributed by atoms with Crippen molar-refractivity contribution in [2.24, 2.45) is 0 Å². The van der Waals surface area contributed by atoms with Gasteiger partial charge in [0, 0.05) is 0 Å². The van der Waals surface area contributed by atoms with Gasteiger partial charge in [-0.25, -0.2) is 0 Å². The molecule has 0 spiro atoms. The quantitative estimate of drug-likeness (QED) is 0.368. The van der Waals surface area contributed by atoms with Crippen LogP contribution in [0.1, 0.15) is 13.8 Å². The van der Waals surface area contributed by atoms with E-state index in [9.17, 15) is 0 Å². The van der Waals surface area contributed by atoms with E-state index in [4.69, 9.17) is 9.47 Å². The molecule has 0 N–H and O–H groups in total. The molecule has 1 unspecified atom stereocenters. The van der Waals surface area contributed by atoms with Crippen molar-refractivity contribution in [3.63, 3.8) is 0 Å². The second-order valence-electron chi connectivity index (χ2n) is 3.10. The molecule has 0 amide bonds. The summed E-state index contributed by atoms with van der Waals surface area (Å²) < 4.78 is 10.5. The predicted molar refractivity (Wildman–Crippen MR) is 53.4 cm³/mol. The van der Waals surface area contributed by atoms with Crippen LogP contribution >= 0.6 is 0 Å². The maximum absolute atomic E-state index is 5.49. The first-order chi connectivity index (χ1) is 6.24. The minimum absolute atomic E-state index is 0.325. The predicted octanol–water partition coefficient (Wildman–Crippen LogP) is 2.44. The Labute approximate surface area is 79.5 Å². The molecule has 2 nitrogen and oxygen atoms in total. The Hall–Kier alpha value is -1.02. The highest BCUT2D eigenvalue weighted by Gasteiger charge is 2.22. The Kier molecular flexibility index (Phi) is 3.77. The lowest BCUT2D eigenvalue weighted by molar-refractivity contribution is 0.182. The van der Waals surface area contributed by atoms with Gasteiger partial charge in [-0.3, -0.25) is 0 Å². The van der Waals surface area contributed by atoms with Crippen molar-refractivity contribution in [1.82, 2.24) is 0 Å². The van der Waals surface area contributed by atoms with Crippen molar-refractivity contribution in [2.75, 3.05) is 13.2 Å². The fraction of sp³-hybridized carbons (Fsp3) is 0.455. The van der Waals surface area contributed by atoms with Crippen molar-refractivity contribution in [1.29, 1.82) is 0 Å². The molecule has 1 fully saturated rings. The second-order valence-corrected chi connectivity index (χ2v) is 3.10. The first-order valence-corrected chi connectivity index (χ1v) is 4.45. The molecule has 72 valence electrons. The topological polar surface area (TPSA) is 21.8 Å². The molecule has 0 aromatic rings. The van der Waals surface area contributed by atoms with E-state index < -0.39 is 0 Å². The van der Waals surface area contributed by atoms with Crippen molar-refractivity contribution >= 4 is 0 Å². The molecule has 1 saturated heterocycles. The standard InChI is InChI=1S/C11H16O2/c1-4-5-6-9(2)10(3)12-7-11-8-13-11/h4-6,11H,1,7-8H2,2-3H3/b6-5-,10-9+. The monoisotopic (exact) mass is 180 g/mol. The van der Waals surface area contributed by atoms with E-state index in [1.807, 2.05) is 26.0 Å². The third-order valence-electron chi connectivity index (χ3n) is 1.93. The van der Waals surface area contributed by atoms with E-state index in [0.29, 0.717) is 12.7 Å². The van der Waals surface area contributed by atoms with Crippen LogP contribution in [0.4, 0.5) is 0 Å². The van der Waals surface area contributed by atoms with Crippen molar-refractivity contribution in [3.8, 4) is 0 Å². The van der Waals surface area contributed by atoms with E-state index in [1.165, 1.54) is 0 Å². The van der Waals surface area contributed by atoms with Crippen molar-refractivity contribution in [2.45, 2.75) is 20.0 Å². The van der Waals surface area contributed by atoms with Gasteiger partial charge in [0.05, 0.1) is 12.4 Å². The maximum Gasteiger partial charge on any atom is 0.116 e. The number of rotatable bonds is 5. The minimum atomic E-state index is 0.325. The molecule has 1 aliphatic rings. The van der Waals surface area contributed by atoms with E-state index in [-0.39, 0.29) is 0 Å². The van der Waals surface area contributed by atoms with Crippen molar-refractivity contribution in [3.05, 3.63) is 36.1 Å². The molecule has 13 heavy (non-hydrogen) atoms. The zero-order chi connectivity index (χ0) is 9.68. The van der Waals surface area contributed by atoms with Crippen LogP contribution in [-0.2, 0) is 9.47 Å². The number of allylic oxidation sites excluding steroid dienone is 5. The Morgan fingerprint density at radius 2 is 2.31 bits per heavy atom. The SMILES string of the molecule is C=C/C=C\C(C)=C(/C)OCC1CO1. The van der Waals surface area contributed by atoms with Crippen LogP contribution in [0, 0.1) is 0 Å². The first kappa shape index (κ1) is 10.1. The van der Waals surface area contributed by atoms with Gasteiger partial charge in [0.15, 0.2) is 0 Å². The van der Waals surface area contributed by atoms with E-state index in [1.54, 1.807) is 6.08 Å². The molecule has 1 atom stereocenters. The number of epoxide rings is 1. The average Bonchev–Trinajstić information content (AvgIpc) is 2.93. The van der Waals surface area contributed by atoms with Gasteiger partial charge < -0.3 is 9.47 Å². The lowest BCUT2D eigenvalue weighted by Gasteiger charge is -2.05. The van der Waals surface area contributed by atoms with Crippen LogP contribution in [-0.4, -0.2) is 19.3 Å². The highest BCUT2D eigenvalue weighted by Crippen LogP contribution is 2.13. The summed E-state index contributed by atoms with van der Waals surface area (Å²) in [6.07, 6.45) is 5.96. The molecule has 0 aromatic carbocycles. The van der Waals surface area contributed by atoms with Crippen LogP contribution in [0.5, 0.6) is 0 Å². The number of ether oxygens (including phenoxy) is 2. The summed E-state index contributed by atoms with van der Waals surface area (Å²) in [6.45, 7) is 9.10. The molecule has 0 radical (unpaired) electrons. The summed E-state index contributed by atoms with van der Waals surface area (Å²) in [5.74, 6) is 0.952. The van der Waals surface area contributed by atoms with Gasteiger partial charge in [0.2, 0.25) is 0 Å². The molecule has 1 heterocycles. The van der Waals surface area contributed by atoms with Crippen LogP contribution in [0.2, 0.25) is 0 Å². The third kappa shape index (κ3) is 3.95. The largest absolute Gasteiger partial charge is 0.495 e. The molecule has 0 saturated carbocycles. The van der Waals surface area contributed by atoms with Gasteiger partial charge in [0.1, 0.15) is 12.7 Å². The zero-order valence-electron chi connectivity index (χ0n) is 8.25. The molecule has 1 aliphatic heterocycles. The second kappa shape index (κ2) is 4.87. The van der Waals surface area contributed by atoms with Gasteiger partial charge in [0.25, 0.3) is 0 Å². The van der Waals surface area contributed by atoms with Gasteiger partial charge in [-0.15, -0.1) is 0 Å². The third-order valence-corrected chi connectivity index (χ3v) is 1.93. The molecular weight excluding hydrogens is 164 g/mol. The number of hydrogen-bond acceptors (Lipinski definition) is 2. The van der Waals surface area contributed by atoms with Crippen LogP contribution in [0.25, 0.3) is 0 Å². The van der Waals surface area contributed by atoms with Crippen LogP contribution < -0.4 is 0 Å². The van der Waals surface area contributed by atoms with Gasteiger partial charge in [-0.05, 0) is 19.4 Å². The zero-order valence-corrected chi connectivity index (χ0v) is 8.25. The van der Waals surface area contributed by atoms with E-state index in [0.717, 1.165) is 17.9 Å². The molecule has 0 aromatic heterocycles. The summed E-state index contributed by atoms with van der Waals surface area (Å²) in [5.41, 5.74) is 1.13. The molecule has 2 heteroatoms. The number of hydrogen-bond donors (Lipinski definition) is 0. The average molecular weight is 180 g/mol. The Morgan fingerprint density at radius 1 is 1.62 bits per heavy atom. The van der Waals surface area contributed by atoms with Crippen LogP contribution in [0.15, 0.2) is 36.1 Å². The van der Waals surface area contributed by atoms with E-state index in [2.05, 4.69) is 6.58 Å². The highest BCUT2D eigenvalue weighted by molar-refractivity contribution is 5.21. The summed E-state index contributed by atoms with van der Waals surface area (Å²) >= 11 is 0. The summed E-state index contributed by atoms with van der Waals surface area (Å²) in [6, 6.07) is 0. The maximum atomic E-state index is 5.49. The Bertz CT molecular complexity index is 234. The van der Waals surface area contributed by atoms with E-state index >= 15 is 0 Å². The normalized spacial score (nSPS) is 22.8. The van der Waals surface area contributed by atoms with Gasteiger partial charge >= 0.3 is 0 Å². The molecule has 0 aliphatic carbocycles. The van der Waals surface area contributed by atoms with Crippen molar-refractivity contribution < 1.29 is 9.47 Å². The highest BCUT2D eigenvalue weighted by atomic mass is 16.6. The summed E-state index contributed by atoms with van der Waals surface area (Å²) in [4.78, 5) is 0. The fourth-order valence-corrected chi connectivity index (χ4v) is 0.826.